The van der Waals surface area contributed by atoms with Crippen molar-refractivity contribution in [3.63, 3.8) is 0 Å². The topological polar surface area (TPSA) is 135 Å². The first-order chi connectivity index (χ1) is 13.5. The van der Waals surface area contributed by atoms with Gasteiger partial charge in [-0.2, -0.15) is 0 Å². The molecule has 3 atom stereocenters. The summed E-state index contributed by atoms with van der Waals surface area (Å²) in [5.74, 6) is -0.434. The molecule has 0 aromatic carbocycles. The van der Waals surface area contributed by atoms with Crippen molar-refractivity contribution in [2.45, 2.75) is 52.7 Å². The van der Waals surface area contributed by atoms with E-state index in [0.717, 1.165) is 0 Å². The molecule has 3 unspecified atom stereocenters. The Balaban J connectivity index is 1.72. The monoisotopic (exact) mass is 446 g/mol. The van der Waals surface area contributed by atoms with Crippen molar-refractivity contribution >= 4 is 36.2 Å². The van der Waals surface area contributed by atoms with Crippen LogP contribution in [0.4, 0.5) is 0 Å². The molecule has 1 N–H and O–H groups in total. The molecule has 1 aliphatic heterocycles. The van der Waals surface area contributed by atoms with Crippen molar-refractivity contribution in [2.24, 2.45) is 5.41 Å². The molecule has 0 amide bonds. The average molecular weight is 446 g/mol. The largest absolute Gasteiger partial charge is 0.443 e. The van der Waals surface area contributed by atoms with Crippen LogP contribution in [0.25, 0.3) is 11.2 Å². The summed E-state index contributed by atoms with van der Waals surface area (Å²) in [5.41, 5.74) is -0.663. The third-order valence-electron chi connectivity index (χ3n) is 4.32. The van der Waals surface area contributed by atoms with Crippen LogP contribution in [0.15, 0.2) is 17.4 Å². The SMILES string of the molecule is CC(C)(C)C(=O)OCn1cnc2c(ncn2C2CCC(COP(=O)(O)S)O2)c1=O. The predicted octanol–water partition coefficient (Wildman–Crippen LogP) is 1.86. The number of imidazole rings is 1. The second-order valence-electron chi connectivity index (χ2n) is 7.73. The highest BCUT2D eigenvalue weighted by atomic mass is 32.7. The van der Waals surface area contributed by atoms with Crippen molar-refractivity contribution < 1.29 is 28.3 Å². The van der Waals surface area contributed by atoms with E-state index in [9.17, 15) is 14.2 Å². The average Bonchev–Trinajstić information content (AvgIpc) is 3.24. The maximum atomic E-state index is 12.6. The van der Waals surface area contributed by atoms with Gasteiger partial charge in [0.05, 0.1) is 24.5 Å². The molecule has 2 aromatic heterocycles. The van der Waals surface area contributed by atoms with E-state index in [2.05, 4.69) is 22.2 Å². The van der Waals surface area contributed by atoms with Crippen LogP contribution in [0.1, 0.15) is 39.8 Å². The fraction of sp³-hybridized carbons (Fsp3) is 0.625. The minimum atomic E-state index is -3.87. The van der Waals surface area contributed by atoms with Gasteiger partial charge >= 0.3 is 12.8 Å². The van der Waals surface area contributed by atoms with Crippen LogP contribution in [0.3, 0.4) is 0 Å². The Bertz CT molecular complexity index is 1010. The Kier molecular flexibility index (Phi) is 6.21. The molecule has 1 saturated heterocycles. The zero-order chi connectivity index (χ0) is 21.4. The summed E-state index contributed by atoms with van der Waals surface area (Å²) in [6, 6.07) is 0. The minimum absolute atomic E-state index is 0.0697. The van der Waals surface area contributed by atoms with Crippen molar-refractivity contribution in [1.82, 2.24) is 19.1 Å². The molecule has 13 heteroatoms. The standard InChI is InChI=1S/C16H23N4O7PS/c1-16(2,3)15(22)25-9-19-7-18-13-12(14(19)21)17-8-20(13)11-5-4-10(27-11)6-26-28(23,24)29/h7-8,10-11H,4-6,9H2,1-3H3,(H2,23,24,29). The summed E-state index contributed by atoms with van der Waals surface area (Å²) in [6.07, 6.45) is 3.11. The quantitative estimate of drug-likeness (QED) is 0.387. The van der Waals surface area contributed by atoms with Crippen molar-refractivity contribution in [3.05, 3.63) is 23.0 Å². The first kappa shape index (κ1) is 22.0. The predicted molar refractivity (Wildman–Crippen MR) is 105 cm³/mol. The molecule has 11 nitrogen and oxygen atoms in total. The lowest BCUT2D eigenvalue weighted by Gasteiger charge is -2.17. The third kappa shape index (κ3) is 5.26. The number of nitrogens with zero attached hydrogens (tertiary/aromatic N) is 4. The zero-order valence-corrected chi connectivity index (χ0v) is 18.0. The summed E-state index contributed by atoms with van der Waals surface area (Å²) in [4.78, 5) is 42.0. The molecule has 2 aromatic rings. The van der Waals surface area contributed by atoms with E-state index in [1.807, 2.05) is 0 Å². The number of hydrogen-bond donors (Lipinski definition) is 2. The van der Waals surface area contributed by atoms with E-state index < -0.39 is 30.0 Å². The van der Waals surface area contributed by atoms with Gasteiger partial charge in [-0.1, -0.05) is 12.2 Å². The van der Waals surface area contributed by atoms with Gasteiger partial charge in [-0.25, -0.2) is 14.5 Å². The normalized spacial score (nSPS) is 22.0. The Morgan fingerprint density at radius 1 is 1.38 bits per heavy atom. The molecule has 29 heavy (non-hydrogen) atoms. The summed E-state index contributed by atoms with van der Waals surface area (Å²) in [5, 5.41) is 0. The molecule has 0 radical (unpaired) electrons. The van der Waals surface area contributed by atoms with Gasteiger partial charge in [0.15, 0.2) is 17.9 Å². The maximum Gasteiger partial charge on any atom is 0.383 e. The first-order valence-electron chi connectivity index (χ1n) is 8.90. The van der Waals surface area contributed by atoms with Gasteiger partial charge in [0.1, 0.15) is 12.6 Å². The van der Waals surface area contributed by atoms with Gasteiger partial charge in [-0.15, -0.1) is 0 Å². The van der Waals surface area contributed by atoms with Crippen LogP contribution in [-0.4, -0.2) is 42.7 Å². The molecule has 160 valence electrons. The van der Waals surface area contributed by atoms with Gasteiger partial charge in [0.25, 0.3) is 5.56 Å². The Hall–Kier alpha value is -1.72. The lowest BCUT2D eigenvalue weighted by atomic mass is 9.98. The smallest absolute Gasteiger partial charge is 0.383 e. The van der Waals surface area contributed by atoms with Crippen LogP contribution in [0.2, 0.25) is 0 Å². The number of aromatic nitrogens is 4. The van der Waals surface area contributed by atoms with Gasteiger partial charge in [0.2, 0.25) is 0 Å². The molecule has 0 aliphatic carbocycles. The minimum Gasteiger partial charge on any atom is -0.443 e. The van der Waals surface area contributed by atoms with Gasteiger partial charge in [-0.05, 0) is 33.6 Å². The highest BCUT2D eigenvalue weighted by Gasteiger charge is 2.30. The molecule has 3 rings (SSSR count). The highest BCUT2D eigenvalue weighted by Crippen LogP contribution is 2.47. The van der Waals surface area contributed by atoms with E-state index in [1.165, 1.54) is 17.2 Å². The fourth-order valence-corrected chi connectivity index (χ4v) is 3.35. The third-order valence-corrected chi connectivity index (χ3v) is 5.15. The van der Waals surface area contributed by atoms with Gasteiger partial charge < -0.3 is 14.4 Å². The molecule has 3 heterocycles. The lowest BCUT2D eigenvalue weighted by Crippen LogP contribution is -2.28. The molecular weight excluding hydrogens is 423 g/mol. The number of ether oxygens (including phenoxy) is 2. The lowest BCUT2D eigenvalue weighted by molar-refractivity contribution is -0.157. The van der Waals surface area contributed by atoms with Crippen LogP contribution in [0.5, 0.6) is 0 Å². The second kappa shape index (κ2) is 8.19. The van der Waals surface area contributed by atoms with E-state index in [1.54, 1.807) is 25.3 Å². The summed E-state index contributed by atoms with van der Waals surface area (Å²) in [6.45, 7) is 0.962. The van der Waals surface area contributed by atoms with Crippen molar-refractivity contribution in [3.8, 4) is 0 Å². The van der Waals surface area contributed by atoms with Crippen LogP contribution < -0.4 is 5.56 Å². The maximum absolute atomic E-state index is 12.6. The van der Waals surface area contributed by atoms with E-state index in [4.69, 9.17) is 18.9 Å². The molecule has 0 spiro atoms. The first-order valence-corrected chi connectivity index (χ1v) is 11.6. The summed E-state index contributed by atoms with van der Waals surface area (Å²) in [7, 11) is 0. The Morgan fingerprint density at radius 3 is 2.76 bits per heavy atom. The zero-order valence-electron chi connectivity index (χ0n) is 16.2. The van der Waals surface area contributed by atoms with Crippen LogP contribution >= 0.6 is 19.0 Å². The molecule has 0 bridgehead atoms. The summed E-state index contributed by atoms with van der Waals surface area (Å²) >= 11 is 3.46. The van der Waals surface area contributed by atoms with Gasteiger partial charge in [0, 0.05) is 0 Å². The van der Waals surface area contributed by atoms with Crippen LogP contribution in [0, 0.1) is 5.41 Å². The number of rotatable bonds is 6. The number of carbonyl (C=O) groups is 1. The summed E-state index contributed by atoms with van der Waals surface area (Å²) < 4.78 is 29.7. The fourth-order valence-electron chi connectivity index (χ4n) is 2.79. The van der Waals surface area contributed by atoms with Crippen LogP contribution in [-0.2, 0) is 30.1 Å². The van der Waals surface area contributed by atoms with Crippen molar-refractivity contribution in [1.29, 1.82) is 0 Å². The highest BCUT2D eigenvalue weighted by molar-refractivity contribution is 8.44. The van der Waals surface area contributed by atoms with Gasteiger partial charge in [-0.3, -0.25) is 23.2 Å². The molecule has 0 saturated carbocycles. The molecular formula is C16H23N4O7PS. The molecule has 1 aliphatic rings. The number of esters is 1. The van der Waals surface area contributed by atoms with E-state index >= 15 is 0 Å². The van der Waals surface area contributed by atoms with E-state index in [-0.39, 0.29) is 25.0 Å². The Labute approximate surface area is 171 Å². The number of hydrogen-bond acceptors (Lipinski definition) is 8. The Morgan fingerprint density at radius 2 is 2.10 bits per heavy atom. The second-order valence-corrected chi connectivity index (χ2v) is 10.5. The molecule has 1 fully saturated rings. The number of thiol groups is 1. The van der Waals surface area contributed by atoms with Crippen molar-refractivity contribution in [2.75, 3.05) is 6.61 Å². The van der Waals surface area contributed by atoms with E-state index in [0.29, 0.717) is 18.5 Å². The number of carbonyl (C=O) groups excluding carboxylic acids is 1. The number of fused-ring (bicyclic) bond motifs is 1.